The van der Waals surface area contributed by atoms with Gasteiger partial charge in [-0.15, -0.1) is 0 Å². The number of hydrogen-bond donors (Lipinski definition) is 2. The summed E-state index contributed by atoms with van der Waals surface area (Å²) >= 11 is 0. The van der Waals surface area contributed by atoms with Gasteiger partial charge in [0.05, 0.1) is 5.60 Å². The lowest BCUT2D eigenvalue weighted by Crippen LogP contribution is -2.46. The zero-order valence-corrected chi connectivity index (χ0v) is 12.8. The van der Waals surface area contributed by atoms with E-state index in [2.05, 4.69) is 19.2 Å². The summed E-state index contributed by atoms with van der Waals surface area (Å²) in [6.45, 7) is 13.6. The molecule has 0 saturated carbocycles. The highest BCUT2D eigenvalue weighted by Crippen LogP contribution is 2.15. The minimum Gasteiger partial charge on any atom is -0.459 e. The van der Waals surface area contributed by atoms with E-state index in [0.717, 1.165) is 0 Å². The van der Waals surface area contributed by atoms with Gasteiger partial charge in [0.15, 0.2) is 0 Å². The Morgan fingerprint density at radius 3 is 2.11 bits per heavy atom. The molecule has 0 rings (SSSR count). The van der Waals surface area contributed by atoms with Gasteiger partial charge in [0.1, 0.15) is 11.6 Å². The predicted molar refractivity (Wildman–Crippen MR) is 73.4 cm³/mol. The van der Waals surface area contributed by atoms with E-state index in [9.17, 15) is 9.90 Å². The average Bonchev–Trinajstić information content (AvgIpc) is 2.09. The summed E-state index contributed by atoms with van der Waals surface area (Å²) in [6, 6.07) is -0.414. The fourth-order valence-electron chi connectivity index (χ4n) is 1.80. The van der Waals surface area contributed by atoms with E-state index in [0.29, 0.717) is 18.9 Å². The number of carbonyl (C=O) groups is 1. The average molecular weight is 259 g/mol. The monoisotopic (exact) mass is 259 g/mol. The van der Waals surface area contributed by atoms with Crippen molar-refractivity contribution in [3.63, 3.8) is 0 Å². The molecule has 0 aliphatic rings. The predicted octanol–water partition coefficient (Wildman–Crippen LogP) is 2.10. The smallest absolute Gasteiger partial charge is 0.323 e. The molecule has 0 radical (unpaired) electrons. The van der Waals surface area contributed by atoms with E-state index in [1.807, 2.05) is 20.8 Å². The molecule has 0 saturated heterocycles. The van der Waals surface area contributed by atoms with Gasteiger partial charge in [-0.1, -0.05) is 13.8 Å². The van der Waals surface area contributed by atoms with Gasteiger partial charge in [-0.25, -0.2) is 0 Å². The molecule has 0 aliphatic carbocycles. The van der Waals surface area contributed by atoms with Crippen molar-refractivity contribution in [1.29, 1.82) is 0 Å². The Balaban J connectivity index is 4.17. The van der Waals surface area contributed by atoms with Crippen molar-refractivity contribution in [3.05, 3.63) is 0 Å². The third-order valence-electron chi connectivity index (χ3n) is 2.40. The van der Waals surface area contributed by atoms with Crippen LogP contribution in [-0.4, -0.2) is 34.9 Å². The fraction of sp³-hybridized carbons (Fsp3) is 0.929. The van der Waals surface area contributed by atoms with E-state index >= 15 is 0 Å². The lowest BCUT2D eigenvalue weighted by atomic mass is 9.94. The molecule has 0 amide bonds. The molecule has 2 atom stereocenters. The molecule has 4 nitrogen and oxygen atoms in total. The molecule has 0 aromatic rings. The summed E-state index contributed by atoms with van der Waals surface area (Å²) in [4.78, 5) is 11.7. The number of esters is 1. The van der Waals surface area contributed by atoms with E-state index in [1.54, 1.807) is 13.8 Å². The Kier molecular flexibility index (Phi) is 6.30. The van der Waals surface area contributed by atoms with Crippen molar-refractivity contribution in [1.82, 2.24) is 5.32 Å². The van der Waals surface area contributed by atoms with Crippen molar-refractivity contribution in [2.45, 2.75) is 72.1 Å². The first kappa shape index (κ1) is 17.4. The minimum absolute atomic E-state index is 0.289. The molecule has 0 aliphatic heterocycles. The Hall–Kier alpha value is -0.610. The van der Waals surface area contributed by atoms with Gasteiger partial charge in [0, 0.05) is 6.54 Å². The lowest BCUT2D eigenvalue weighted by Gasteiger charge is -2.28. The van der Waals surface area contributed by atoms with E-state index in [1.165, 1.54) is 0 Å². The third-order valence-corrected chi connectivity index (χ3v) is 2.40. The van der Waals surface area contributed by atoms with Crippen molar-refractivity contribution >= 4 is 5.97 Å². The van der Waals surface area contributed by atoms with Crippen molar-refractivity contribution in [2.24, 2.45) is 5.92 Å². The first-order chi connectivity index (χ1) is 7.93. The highest BCUT2D eigenvalue weighted by Gasteiger charge is 2.26. The van der Waals surface area contributed by atoms with Crippen LogP contribution < -0.4 is 5.32 Å². The zero-order valence-electron chi connectivity index (χ0n) is 12.8. The van der Waals surface area contributed by atoms with Crippen molar-refractivity contribution in [2.75, 3.05) is 6.54 Å². The summed E-state index contributed by atoms with van der Waals surface area (Å²) in [7, 11) is 0. The molecule has 0 bridgehead atoms. The quantitative estimate of drug-likeness (QED) is 0.717. The van der Waals surface area contributed by atoms with Crippen LogP contribution in [0.5, 0.6) is 0 Å². The minimum atomic E-state index is -0.801. The number of rotatable bonds is 6. The first-order valence-electron chi connectivity index (χ1n) is 6.61. The summed E-state index contributed by atoms with van der Waals surface area (Å²) in [5.74, 6) is 0.126. The number of aliphatic hydroxyl groups is 1. The number of hydrogen-bond acceptors (Lipinski definition) is 4. The fourth-order valence-corrected chi connectivity index (χ4v) is 1.80. The number of ether oxygens (including phenoxy) is 1. The van der Waals surface area contributed by atoms with Crippen LogP contribution in [0.4, 0.5) is 0 Å². The molecule has 0 aromatic carbocycles. The van der Waals surface area contributed by atoms with Gasteiger partial charge in [0.2, 0.25) is 0 Å². The Morgan fingerprint density at radius 1 is 1.22 bits per heavy atom. The highest BCUT2D eigenvalue weighted by atomic mass is 16.6. The summed E-state index contributed by atoms with van der Waals surface area (Å²) in [6.07, 6.45) is 0.695. The molecule has 2 N–H and O–H groups in total. The van der Waals surface area contributed by atoms with Crippen LogP contribution in [0.15, 0.2) is 0 Å². The molecular formula is C14H29NO3. The Bertz CT molecular complexity index is 267. The molecular weight excluding hydrogens is 230 g/mol. The lowest BCUT2D eigenvalue weighted by molar-refractivity contribution is -0.157. The third kappa shape index (κ3) is 8.48. The summed E-state index contributed by atoms with van der Waals surface area (Å²) in [5.41, 5.74) is -1.28. The van der Waals surface area contributed by atoms with Crippen molar-refractivity contribution in [3.8, 4) is 0 Å². The van der Waals surface area contributed by atoms with E-state index in [4.69, 9.17) is 4.74 Å². The van der Waals surface area contributed by atoms with Gasteiger partial charge in [-0.3, -0.25) is 4.79 Å². The number of carbonyl (C=O) groups excluding carboxylic acids is 1. The summed E-state index contributed by atoms with van der Waals surface area (Å²) in [5, 5.41) is 13.2. The molecule has 0 aromatic heterocycles. The second-order valence-electron chi connectivity index (χ2n) is 6.73. The topological polar surface area (TPSA) is 58.6 Å². The van der Waals surface area contributed by atoms with E-state index in [-0.39, 0.29) is 5.97 Å². The standard InChI is InChI=1S/C14H29NO3/c1-10(2)8-14(7,17)9-15-11(3)12(16)18-13(4,5)6/h10-11,15,17H,8-9H2,1-7H3. The summed E-state index contributed by atoms with van der Waals surface area (Å²) < 4.78 is 5.26. The maximum absolute atomic E-state index is 11.7. The zero-order chi connectivity index (χ0) is 14.6. The number of nitrogens with one attached hydrogen (secondary N) is 1. The molecule has 18 heavy (non-hydrogen) atoms. The Labute approximate surface area is 111 Å². The van der Waals surface area contributed by atoms with Crippen LogP contribution in [0.1, 0.15) is 54.9 Å². The van der Waals surface area contributed by atoms with Crippen LogP contribution in [0.3, 0.4) is 0 Å². The van der Waals surface area contributed by atoms with Crippen LogP contribution in [0.2, 0.25) is 0 Å². The maximum atomic E-state index is 11.7. The second kappa shape index (κ2) is 6.53. The Morgan fingerprint density at radius 2 is 1.72 bits per heavy atom. The normalized spacial score (nSPS) is 17.4. The second-order valence-corrected chi connectivity index (χ2v) is 6.73. The molecule has 0 fully saturated rings. The van der Waals surface area contributed by atoms with Crippen LogP contribution >= 0.6 is 0 Å². The molecule has 2 unspecified atom stereocenters. The largest absolute Gasteiger partial charge is 0.459 e. The van der Waals surface area contributed by atoms with Crippen molar-refractivity contribution < 1.29 is 14.6 Å². The van der Waals surface area contributed by atoms with Gasteiger partial charge in [-0.05, 0) is 47.0 Å². The van der Waals surface area contributed by atoms with E-state index < -0.39 is 17.2 Å². The van der Waals surface area contributed by atoms with Gasteiger partial charge in [0.25, 0.3) is 0 Å². The molecule has 0 spiro atoms. The van der Waals surface area contributed by atoms with Crippen LogP contribution in [0.25, 0.3) is 0 Å². The van der Waals surface area contributed by atoms with Gasteiger partial charge in [-0.2, -0.15) is 0 Å². The van der Waals surface area contributed by atoms with Gasteiger partial charge < -0.3 is 15.2 Å². The molecule has 0 heterocycles. The van der Waals surface area contributed by atoms with Crippen LogP contribution in [0, 0.1) is 5.92 Å². The maximum Gasteiger partial charge on any atom is 0.323 e. The van der Waals surface area contributed by atoms with Crippen LogP contribution in [-0.2, 0) is 9.53 Å². The highest BCUT2D eigenvalue weighted by molar-refractivity contribution is 5.75. The first-order valence-corrected chi connectivity index (χ1v) is 6.61. The molecule has 4 heteroatoms. The molecule has 108 valence electrons. The van der Waals surface area contributed by atoms with Gasteiger partial charge >= 0.3 is 5.97 Å². The SMILES string of the molecule is CC(C)CC(C)(O)CNC(C)C(=O)OC(C)(C)C.